The van der Waals surface area contributed by atoms with Crippen LogP contribution in [0.1, 0.15) is 50.7 Å². The summed E-state index contributed by atoms with van der Waals surface area (Å²) in [7, 11) is 0. The Labute approximate surface area is 194 Å². The summed E-state index contributed by atoms with van der Waals surface area (Å²) in [6.45, 7) is 5.97. The van der Waals surface area contributed by atoms with Gasteiger partial charge in [-0.2, -0.15) is 0 Å². The summed E-state index contributed by atoms with van der Waals surface area (Å²) in [5, 5.41) is 11.8. The molecule has 33 heavy (non-hydrogen) atoms. The highest BCUT2D eigenvalue weighted by Gasteiger charge is 2.29. The van der Waals surface area contributed by atoms with Gasteiger partial charge in [0.2, 0.25) is 5.91 Å². The van der Waals surface area contributed by atoms with Crippen molar-refractivity contribution in [3.63, 3.8) is 0 Å². The molecule has 0 bridgehead atoms. The minimum Gasteiger partial charge on any atom is -0.480 e. The minimum atomic E-state index is -1.03. The van der Waals surface area contributed by atoms with E-state index in [1.54, 1.807) is 6.92 Å². The largest absolute Gasteiger partial charge is 0.480 e. The molecule has 7 nitrogen and oxygen atoms in total. The molecule has 0 radical (unpaired) electrons. The molecule has 0 saturated heterocycles. The van der Waals surface area contributed by atoms with Gasteiger partial charge >= 0.3 is 12.1 Å². The fourth-order valence-electron chi connectivity index (χ4n) is 4.27. The molecule has 1 atom stereocenters. The molecule has 0 fully saturated rings. The van der Waals surface area contributed by atoms with Gasteiger partial charge in [0.1, 0.15) is 13.2 Å². The van der Waals surface area contributed by atoms with Crippen LogP contribution in [-0.2, 0) is 14.3 Å². The third-order valence-corrected chi connectivity index (χ3v) is 5.76. The van der Waals surface area contributed by atoms with Crippen LogP contribution in [0.3, 0.4) is 0 Å². The van der Waals surface area contributed by atoms with Crippen LogP contribution in [0, 0.1) is 5.92 Å². The van der Waals surface area contributed by atoms with Crippen LogP contribution in [0.25, 0.3) is 11.1 Å². The molecule has 2 aromatic carbocycles. The van der Waals surface area contributed by atoms with Gasteiger partial charge in [-0.3, -0.25) is 9.59 Å². The first-order chi connectivity index (χ1) is 15.8. The number of carbonyl (C=O) groups excluding carboxylic acids is 2. The van der Waals surface area contributed by atoms with Gasteiger partial charge in [-0.25, -0.2) is 4.79 Å². The van der Waals surface area contributed by atoms with E-state index < -0.39 is 12.1 Å². The van der Waals surface area contributed by atoms with Gasteiger partial charge in [0.25, 0.3) is 0 Å². The van der Waals surface area contributed by atoms with E-state index in [9.17, 15) is 14.4 Å². The summed E-state index contributed by atoms with van der Waals surface area (Å²) in [5.41, 5.74) is 4.63. The predicted octanol–water partition coefficient (Wildman–Crippen LogP) is 4.26. The lowest BCUT2D eigenvalue weighted by molar-refractivity contribution is -0.144. The zero-order valence-electron chi connectivity index (χ0n) is 19.4. The number of alkyl carbamates (subject to hydrolysis) is 1. The first kappa shape index (κ1) is 24.3. The van der Waals surface area contributed by atoms with Gasteiger partial charge in [0, 0.05) is 24.9 Å². The van der Waals surface area contributed by atoms with E-state index in [-0.39, 0.29) is 43.4 Å². The average Bonchev–Trinajstić information content (AvgIpc) is 3.09. The van der Waals surface area contributed by atoms with Gasteiger partial charge in [-0.15, -0.1) is 0 Å². The van der Waals surface area contributed by atoms with Gasteiger partial charge < -0.3 is 20.1 Å². The second kappa shape index (κ2) is 11.0. The topological polar surface area (TPSA) is 95.9 Å². The molecule has 0 saturated carbocycles. The van der Waals surface area contributed by atoms with E-state index in [1.165, 1.54) is 16.0 Å². The molecule has 7 heteroatoms. The predicted molar refractivity (Wildman–Crippen MR) is 126 cm³/mol. The minimum absolute atomic E-state index is 0.0133. The average molecular weight is 453 g/mol. The van der Waals surface area contributed by atoms with Crippen LogP contribution >= 0.6 is 0 Å². The number of carbonyl (C=O) groups is 3. The van der Waals surface area contributed by atoms with Crippen molar-refractivity contribution in [1.82, 2.24) is 10.2 Å². The standard InChI is InChI=1S/C26H32N2O5/c1-17(2)14-28(15-25(30)31)24(29)13-12-18(3)27-26(32)33-16-23-21-10-6-4-8-19(21)20-9-5-7-11-22(20)23/h4-11,17-18,23H,12-16H2,1-3H3,(H,27,32)(H,30,31). The number of rotatable bonds is 10. The number of hydrogen-bond acceptors (Lipinski definition) is 4. The third-order valence-electron chi connectivity index (χ3n) is 5.76. The van der Waals surface area contributed by atoms with E-state index in [1.807, 2.05) is 38.1 Å². The molecule has 3 rings (SSSR count). The lowest BCUT2D eigenvalue weighted by atomic mass is 9.98. The van der Waals surface area contributed by atoms with Crippen molar-refractivity contribution in [2.45, 2.75) is 45.6 Å². The highest BCUT2D eigenvalue weighted by molar-refractivity contribution is 5.81. The molecular weight excluding hydrogens is 420 g/mol. The Hall–Kier alpha value is -3.35. The van der Waals surface area contributed by atoms with Crippen molar-refractivity contribution in [2.24, 2.45) is 5.92 Å². The highest BCUT2D eigenvalue weighted by Crippen LogP contribution is 2.44. The molecule has 1 aliphatic carbocycles. The smallest absolute Gasteiger partial charge is 0.407 e. The number of nitrogens with one attached hydrogen (secondary N) is 1. The highest BCUT2D eigenvalue weighted by atomic mass is 16.5. The zero-order valence-corrected chi connectivity index (χ0v) is 19.4. The number of fused-ring (bicyclic) bond motifs is 3. The number of nitrogens with zero attached hydrogens (tertiary/aromatic N) is 1. The Morgan fingerprint density at radius 3 is 2.12 bits per heavy atom. The van der Waals surface area contributed by atoms with Crippen LogP contribution in [-0.4, -0.2) is 53.7 Å². The normalized spacial score (nSPS) is 13.2. The molecule has 1 unspecified atom stereocenters. The number of carboxylic acids is 1. The van der Waals surface area contributed by atoms with E-state index >= 15 is 0 Å². The third kappa shape index (κ3) is 6.34. The molecule has 1 aliphatic rings. The Kier molecular flexibility index (Phi) is 8.09. The summed E-state index contributed by atoms with van der Waals surface area (Å²) >= 11 is 0. The molecule has 0 spiro atoms. The Morgan fingerprint density at radius 2 is 1.58 bits per heavy atom. The summed E-state index contributed by atoms with van der Waals surface area (Å²) in [4.78, 5) is 37.3. The van der Waals surface area contributed by atoms with Crippen molar-refractivity contribution in [1.29, 1.82) is 0 Å². The number of aliphatic carboxylic acids is 1. The van der Waals surface area contributed by atoms with Crippen LogP contribution in [0.15, 0.2) is 48.5 Å². The Balaban J connectivity index is 1.50. The quantitative estimate of drug-likeness (QED) is 0.561. The van der Waals surface area contributed by atoms with Gasteiger partial charge in [0.05, 0.1) is 0 Å². The van der Waals surface area contributed by atoms with E-state index in [0.717, 1.165) is 11.1 Å². The second-order valence-corrected chi connectivity index (χ2v) is 8.97. The Morgan fingerprint density at radius 1 is 1.00 bits per heavy atom. The van der Waals surface area contributed by atoms with Gasteiger partial charge in [-0.1, -0.05) is 62.4 Å². The van der Waals surface area contributed by atoms with Crippen molar-refractivity contribution in [3.05, 3.63) is 59.7 Å². The maximum absolute atomic E-state index is 12.5. The number of carboxylic acid groups (broad SMARTS) is 1. The number of hydrogen-bond donors (Lipinski definition) is 2. The van der Waals surface area contributed by atoms with Crippen molar-refractivity contribution >= 4 is 18.0 Å². The Bertz CT molecular complexity index is 958. The summed E-state index contributed by atoms with van der Waals surface area (Å²) in [6, 6.07) is 16.0. The number of ether oxygens (including phenoxy) is 1. The van der Waals surface area contributed by atoms with Crippen LogP contribution in [0.5, 0.6) is 0 Å². The van der Waals surface area contributed by atoms with E-state index in [0.29, 0.717) is 13.0 Å². The first-order valence-electron chi connectivity index (χ1n) is 11.4. The van der Waals surface area contributed by atoms with Gasteiger partial charge in [-0.05, 0) is 41.5 Å². The lowest BCUT2D eigenvalue weighted by Crippen LogP contribution is -2.39. The molecule has 0 aliphatic heterocycles. The summed E-state index contributed by atoms with van der Waals surface area (Å²) in [6.07, 6.45) is 0.0311. The molecule has 2 aromatic rings. The maximum atomic E-state index is 12.5. The van der Waals surface area contributed by atoms with E-state index in [4.69, 9.17) is 9.84 Å². The fourth-order valence-corrected chi connectivity index (χ4v) is 4.27. The molecule has 0 aromatic heterocycles. The molecular formula is C26H32N2O5. The fraction of sp³-hybridized carbons (Fsp3) is 0.423. The van der Waals surface area contributed by atoms with Crippen molar-refractivity contribution < 1.29 is 24.2 Å². The summed E-state index contributed by atoms with van der Waals surface area (Å²) in [5.74, 6) is -1.11. The molecule has 2 amide bonds. The number of benzene rings is 2. The van der Waals surface area contributed by atoms with Gasteiger partial charge in [0.15, 0.2) is 0 Å². The van der Waals surface area contributed by atoms with E-state index in [2.05, 4.69) is 29.6 Å². The molecule has 0 heterocycles. The first-order valence-corrected chi connectivity index (χ1v) is 11.4. The van der Waals surface area contributed by atoms with Crippen LogP contribution in [0.4, 0.5) is 4.79 Å². The van der Waals surface area contributed by atoms with Crippen LogP contribution < -0.4 is 5.32 Å². The zero-order chi connectivity index (χ0) is 24.0. The van der Waals surface area contributed by atoms with Crippen LogP contribution in [0.2, 0.25) is 0 Å². The van der Waals surface area contributed by atoms with Crippen molar-refractivity contribution in [2.75, 3.05) is 19.7 Å². The lowest BCUT2D eigenvalue weighted by Gasteiger charge is -2.23. The summed E-state index contributed by atoms with van der Waals surface area (Å²) < 4.78 is 5.55. The van der Waals surface area contributed by atoms with Crippen molar-refractivity contribution in [3.8, 4) is 11.1 Å². The molecule has 2 N–H and O–H groups in total. The second-order valence-electron chi connectivity index (χ2n) is 8.97. The maximum Gasteiger partial charge on any atom is 0.407 e. The SMILES string of the molecule is CC(C)CN(CC(=O)O)C(=O)CCC(C)NC(=O)OCC1c2ccccc2-c2ccccc21. The number of amides is 2. The monoisotopic (exact) mass is 452 g/mol. The molecule has 176 valence electrons.